The van der Waals surface area contributed by atoms with Gasteiger partial charge in [0.1, 0.15) is 0 Å². The molecule has 0 spiro atoms. The molecule has 0 aromatic carbocycles. The molecule has 18 heavy (non-hydrogen) atoms. The molecular formula is C12H22N2O4. The zero-order valence-electron chi connectivity index (χ0n) is 10.8. The predicted molar refractivity (Wildman–Crippen MR) is 66.2 cm³/mol. The number of carbonyl (C=O) groups excluding carboxylic acids is 1. The Balaban J connectivity index is 2.29. The van der Waals surface area contributed by atoms with Gasteiger partial charge >= 0.3 is 12.0 Å². The molecular weight excluding hydrogens is 236 g/mol. The maximum atomic E-state index is 11.8. The molecule has 0 aliphatic carbocycles. The van der Waals surface area contributed by atoms with E-state index in [9.17, 15) is 9.59 Å². The van der Waals surface area contributed by atoms with Crippen molar-refractivity contribution in [1.29, 1.82) is 0 Å². The second kappa shape index (κ2) is 7.20. The number of nitrogens with one attached hydrogen (secondary N) is 1. The molecule has 1 rings (SSSR count). The predicted octanol–water partition coefficient (Wildman–Crippen LogP) is 0.511. The number of carbonyl (C=O) groups is 2. The maximum Gasteiger partial charge on any atom is 0.317 e. The van der Waals surface area contributed by atoms with Crippen molar-refractivity contribution in [2.24, 2.45) is 11.8 Å². The fourth-order valence-corrected chi connectivity index (χ4v) is 2.14. The number of urea groups is 1. The van der Waals surface area contributed by atoms with Gasteiger partial charge in [0.05, 0.1) is 0 Å². The lowest BCUT2D eigenvalue weighted by molar-refractivity contribution is -0.137. The van der Waals surface area contributed by atoms with E-state index < -0.39 is 5.97 Å². The normalized spacial score (nSPS) is 21.4. The van der Waals surface area contributed by atoms with E-state index in [2.05, 4.69) is 5.32 Å². The summed E-state index contributed by atoms with van der Waals surface area (Å²) in [7, 11) is 0. The Kier molecular flexibility index (Phi) is 5.91. The van der Waals surface area contributed by atoms with Gasteiger partial charge in [0, 0.05) is 32.7 Å². The zero-order valence-corrected chi connectivity index (χ0v) is 10.8. The van der Waals surface area contributed by atoms with Crippen LogP contribution in [0.2, 0.25) is 0 Å². The van der Waals surface area contributed by atoms with Crippen molar-refractivity contribution in [1.82, 2.24) is 10.2 Å². The average molecular weight is 258 g/mol. The quantitative estimate of drug-likeness (QED) is 0.670. The van der Waals surface area contributed by atoms with Crippen molar-refractivity contribution in [3.63, 3.8) is 0 Å². The minimum atomic E-state index is -0.852. The van der Waals surface area contributed by atoms with E-state index in [-0.39, 0.29) is 30.9 Å². The average Bonchev–Trinajstić information content (AvgIpc) is 2.35. The third-order valence-corrected chi connectivity index (χ3v) is 3.19. The molecule has 1 fully saturated rings. The molecule has 0 aromatic heterocycles. The Morgan fingerprint density at radius 1 is 1.50 bits per heavy atom. The number of carboxylic acid groups (broad SMARTS) is 1. The van der Waals surface area contributed by atoms with Gasteiger partial charge in [0.2, 0.25) is 0 Å². The molecule has 0 saturated carbocycles. The Bertz CT molecular complexity index is 296. The summed E-state index contributed by atoms with van der Waals surface area (Å²) in [6.45, 7) is 3.55. The van der Waals surface area contributed by atoms with E-state index in [4.69, 9.17) is 10.2 Å². The van der Waals surface area contributed by atoms with Crippen LogP contribution < -0.4 is 5.32 Å². The summed E-state index contributed by atoms with van der Waals surface area (Å²) >= 11 is 0. The van der Waals surface area contributed by atoms with Crippen LogP contribution in [0, 0.1) is 11.8 Å². The van der Waals surface area contributed by atoms with Gasteiger partial charge in [-0.15, -0.1) is 0 Å². The molecule has 2 unspecified atom stereocenters. The summed E-state index contributed by atoms with van der Waals surface area (Å²) in [4.78, 5) is 24.0. The van der Waals surface area contributed by atoms with Gasteiger partial charge < -0.3 is 20.4 Å². The summed E-state index contributed by atoms with van der Waals surface area (Å²) in [5, 5.41) is 20.4. The van der Waals surface area contributed by atoms with Gasteiger partial charge in [0.25, 0.3) is 0 Å². The van der Waals surface area contributed by atoms with Crippen LogP contribution in [0.3, 0.4) is 0 Å². The summed E-state index contributed by atoms with van der Waals surface area (Å²) < 4.78 is 0. The number of aliphatic hydroxyl groups is 1. The van der Waals surface area contributed by atoms with E-state index in [0.717, 1.165) is 12.8 Å². The SMILES string of the molecule is CC(CNC(=O)N1CCCC(CO)C1)CC(=O)O. The van der Waals surface area contributed by atoms with Crippen LogP contribution in [0.4, 0.5) is 4.79 Å². The number of amides is 2. The monoisotopic (exact) mass is 258 g/mol. The molecule has 6 heteroatoms. The maximum absolute atomic E-state index is 11.8. The standard InChI is InChI=1S/C12H22N2O4/c1-9(5-11(16)17)6-13-12(18)14-4-2-3-10(7-14)8-15/h9-10,15H,2-8H2,1H3,(H,13,18)(H,16,17). The van der Waals surface area contributed by atoms with E-state index in [1.165, 1.54) is 0 Å². The van der Waals surface area contributed by atoms with Crippen LogP contribution in [0.5, 0.6) is 0 Å². The number of carboxylic acids is 1. The van der Waals surface area contributed by atoms with Crippen molar-refractivity contribution < 1.29 is 19.8 Å². The summed E-state index contributed by atoms with van der Waals surface area (Å²) in [6, 6.07) is -0.162. The van der Waals surface area contributed by atoms with Gasteiger partial charge in [-0.2, -0.15) is 0 Å². The Morgan fingerprint density at radius 2 is 2.22 bits per heavy atom. The first kappa shape index (κ1) is 14.8. The van der Waals surface area contributed by atoms with Gasteiger partial charge in [-0.05, 0) is 24.7 Å². The highest BCUT2D eigenvalue weighted by Crippen LogP contribution is 2.15. The van der Waals surface area contributed by atoms with Gasteiger partial charge in [-0.25, -0.2) is 4.79 Å². The smallest absolute Gasteiger partial charge is 0.317 e. The Morgan fingerprint density at radius 3 is 2.83 bits per heavy atom. The third-order valence-electron chi connectivity index (χ3n) is 3.19. The largest absolute Gasteiger partial charge is 0.481 e. The third kappa shape index (κ3) is 4.91. The topological polar surface area (TPSA) is 89.9 Å². The van der Waals surface area contributed by atoms with Crippen molar-refractivity contribution >= 4 is 12.0 Å². The van der Waals surface area contributed by atoms with Crippen LogP contribution in [0.15, 0.2) is 0 Å². The lowest BCUT2D eigenvalue weighted by Crippen LogP contribution is -2.47. The fourth-order valence-electron chi connectivity index (χ4n) is 2.14. The van der Waals surface area contributed by atoms with E-state index in [1.807, 2.05) is 0 Å². The number of aliphatic hydroxyl groups excluding tert-OH is 1. The number of likely N-dealkylation sites (tertiary alicyclic amines) is 1. The summed E-state index contributed by atoms with van der Waals surface area (Å²) in [5.41, 5.74) is 0. The Hall–Kier alpha value is -1.30. The van der Waals surface area contributed by atoms with E-state index >= 15 is 0 Å². The first-order valence-electron chi connectivity index (χ1n) is 6.38. The molecule has 2 amide bonds. The molecule has 104 valence electrons. The van der Waals surface area contributed by atoms with Crippen molar-refractivity contribution in [2.45, 2.75) is 26.2 Å². The van der Waals surface area contributed by atoms with Gasteiger partial charge in [0.15, 0.2) is 0 Å². The van der Waals surface area contributed by atoms with Crippen LogP contribution in [0.1, 0.15) is 26.2 Å². The molecule has 1 heterocycles. The van der Waals surface area contributed by atoms with E-state index in [0.29, 0.717) is 19.6 Å². The lowest BCUT2D eigenvalue weighted by Gasteiger charge is -2.32. The number of aliphatic carboxylic acids is 1. The highest BCUT2D eigenvalue weighted by atomic mass is 16.4. The van der Waals surface area contributed by atoms with Crippen LogP contribution in [-0.4, -0.2) is 53.4 Å². The number of nitrogens with zero attached hydrogens (tertiary/aromatic N) is 1. The number of hydrogen-bond acceptors (Lipinski definition) is 3. The molecule has 0 radical (unpaired) electrons. The van der Waals surface area contributed by atoms with Crippen LogP contribution >= 0.6 is 0 Å². The van der Waals surface area contributed by atoms with Crippen molar-refractivity contribution in [2.75, 3.05) is 26.2 Å². The summed E-state index contributed by atoms with van der Waals surface area (Å²) in [6.07, 6.45) is 1.92. The lowest BCUT2D eigenvalue weighted by atomic mass is 9.99. The van der Waals surface area contributed by atoms with Crippen LogP contribution in [0.25, 0.3) is 0 Å². The molecule has 2 atom stereocenters. The second-order valence-corrected chi connectivity index (χ2v) is 5.03. The van der Waals surface area contributed by atoms with Crippen LogP contribution in [-0.2, 0) is 4.79 Å². The Labute approximate surface area is 107 Å². The molecule has 3 N–H and O–H groups in total. The molecule has 0 aromatic rings. The fraction of sp³-hybridized carbons (Fsp3) is 0.833. The highest BCUT2D eigenvalue weighted by Gasteiger charge is 2.23. The first-order chi connectivity index (χ1) is 8.52. The minimum absolute atomic E-state index is 0.0551. The van der Waals surface area contributed by atoms with E-state index in [1.54, 1.807) is 11.8 Å². The minimum Gasteiger partial charge on any atom is -0.481 e. The zero-order chi connectivity index (χ0) is 13.5. The molecule has 1 aliphatic rings. The molecule has 6 nitrogen and oxygen atoms in total. The van der Waals surface area contributed by atoms with Gasteiger partial charge in [-0.1, -0.05) is 6.92 Å². The molecule has 1 saturated heterocycles. The number of rotatable bonds is 5. The number of piperidine rings is 1. The highest BCUT2D eigenvalue weighted by molar-refractivity contribution is 5.74. The van der Waals surface area contributed by atoms with Gasteiger partial charge in [-0.3, -0.25) is 4.79 Å². The van der Waals surface area contributed by atoms with Crippen molar-refractivity contribution in [3.05, 3.63) is 0 Å². The second-order valence-electron chi connectivity index (χ2n) is 5.03. The summed E-state index contributed by atoms with van der Waals surface area (Å²) in [5.74, 6) is -0.763. The first-order valence-corrected chi connectivity index (χ1v) is 6.38. The number of hydrogen-bond donors (Lipinski definition) is 3. The van der Waals surface area contributed by atoms with Crippen molar-refractivity contribution in [3.8, 4) is 0 Å². The molecule has 1 aliphatic heterocycles. The molecule has 0 bridgehead atoms.